The van der Waals surface area contributed by atoms with E-state index in [1.165, 1.54) is 4.90 Å². The third kappa shape index (κ3) is 6.55. The minimum atomic E-state index is -1.08. The first-order chi connectivity index (χ1) is 18.0. The van der Waals surface area contributed by atoms with Gasteiger partial charge in [0, 0.05) is 24.9 Å². The maximum absolute atomic E-state index is 13.1. The lowest BCUT2D eigenvalue weighted by atomic mass is 9.98. The smallest absolute Gasteiger partial charge is 0.407 e. The summed E-state index contributed by atoms with van der Waals surface area (Å²) in [5.41, 5.74) is 5.40. The molecule has 1 aliphatic carbocycles. The molecule has 3 aromatic carbocycles. The van der Waals surface area contributed by atoms with Crippen molar-refractivity contribution in [1.82, 2.24) is 10.2 Å². The van der Waals surface area contributed by atoms with Crippen molar-refractivity contribution in [1.29, 1.82) is 0 Å². The molecular formula is C30H32N2O5. The van der Waals surface area contributed by atoms with Gasteiger partial charge in [0.15, 0.2) is 0 Å². The normalized spacial score (nSPS) is 12.8. The van der Waals surface area contributed by atoms with Crippen molar-refractivity contribution in [3.8, 4) is 11.1 Å². The van der Waals surface area contributed by atoms with Crippen LogP contribution < -0.4 is 5.32 Å². The van der Waals surface area contributed by atoms with Crippen LogP contribution >= 0.6 is 0 Å². The van der Waals surface area contributed by atoms with Crippen LogP contribution in [0.15, 0.2) is 78.9 Å². The molecule has 7 nitrogen and oxygen atoms in total. The van der Waals surface area contributed by atoms with Gasteiger partial charge in [-0.1, -0.05) is 92.2 Å². The highest BCUT2D eigenvalue weighted by atomic mass is 16.5. The van der Waals surface area contributed by atoms with Gasteiger partial charge in [-0.2, -0.15) is 0 Å². The predicted molar refractivity (Wildman–Crippen MR) is 141 cm³/mol. The number of ether oxygens (including phenoxy) is 1. The Labute approximate surface area is 217 Å². The molecule has 2 N–H and O–H groups in total. The molecule has 3 aromatic rings. The summed E-state index contributed by atoms with van der Waals surface area (Å²) in [6.07, 6.45) is 0.737. The Balaban J connectivity index is 1.38. The highest BCUT2D eigenvalue weighted by molar-refractivity contribution is 5.82. The first-order valence-electron chi connectivity index (χ1n) is 12.6. The van der Waals surface area contributed by atoms with E-state index >= 15 is 0 Å². The Morgan fingerprint density at radius 3 is 2.11 bits per heavy atom. The molecule has 0 fully saturated rings. The first kappa shape index (κ1) is 25.9. The van der Waals surface area contributed by atoms with E-state index in [0.717, 1.165) is 34.2 Å². The monoisotopic (exact) mass is 500 g/mol. The molecule has 0 heterocycles. The molecule has 0 radical (unpaired) electrons. The molecule has 0 saturated heterocycles. The summed E-state index contributed by atoms with van der Waals surface area (Å²) in [6, 6.07) is 25.0. The molecule has 1 aliphatic rings. The SMILES string of the molecule is CCC[C@H](CC(=O)N(CC(=O)O)Cc1ccccc1)NC(=O)OCC1c2ccccc2-c2ccccc21. The van der Waals surface area contributed by atoms with Gasteiger partial charge < -0.3 is 20.1 Å². The van der Waals surface area contributed by atoms with Gasteiger partial charge in [-0.15, -0.1) is 0 Å². The van der Waals surface area contributed by atoms with E-state index in [4.69, 9.17) is 4.74 Å². The van der Waals surface area contributed by atoms with Crippen LogP contribution in [0.2, 0.25) is 0 Å². The second-order valence-electron chi connectivity index (χ2n) is 9.29. The number of carboxylic acid groups (broad SMARTS) is 1. The number of nitrogens with one attached hydrogen (secondary N) is 1. The summed E-state index contributed by atoms with van der Waals surface area (Å²) in [5, 5.41) is 12.2. The van der Waals surface area contributed by atoms with E-state index in [9.17, 15) is 19.5 Å². The molecular weight excluding hydrogens is 468 g/mol. The van der Waals surface area contributed by atoms with Crippen LogP contribution in [0.1, 0.15) is 48.8 Å². The minimum absolute atomic E-state index is 0.00184. The van der Waals surface area contributed by atoms with Gasteiger partial charge in [0.2, 0.25) is 5.91 Å². The van der Waals surface area contributed by atoms with Crippen molar-refractivity contribution in [2.75, 3.05) is 13.2 Å². The molecule has 2 amide bonds. The Kier molecular flexibility index (Phi) is 8.56. The Bertz CT molecular complexity index is 1200. The van der Waals surface area contributed by atoms with Gasteiger partial charge in [-0.3, -0.25) is 9.59 Å². The standard InChI is InChI=1S/C30H32N2O5/c1-2-10-22(17-28(33)32(19-29(34)35)18-21-11-4-3-5-12-21)31-30(36)37-20-27-25-15-8-6-13-23(25)24-14-7-9-16-26(24)27/h3-9,11-16,22,27H,2,10,17-20H2,1H3,(H,31,36)(H,34,35)/t22-/m1/s1. The van der Waals surface area contributed by atoms with Crippen LogP contribution in [0.4, 0.5) is 4.79 Å². The number of aliphatic carboxylic acids is 1. The fraction of sp³-hybridized carbons (Fsp3) is 0.300. The number of amides is 2. The third-order valence-electron chi connectivity index (χ3n) is 6.62. The molecule has 0 unspecified atom stereocenters. The highest BCUT2D eigenvalue weighted by Gasteiger charge is 2.29. The van der Waals surface area contributed by atoms with Crippen LogP contribution in [-0.4, -0.2) is 47.2 Å². The van der Waals surface area contributed by atoms with Crippen molar-refractivity contribution in [3.63, 3.8) is 0 Å². The number of alkyl carbamates (subject to hydrolysis) is 1. The number of carboxylic acids is 1. The number of rotatable bonds is 11. The Morgan fingerprint density at radius 1 is 0.919 bits per heavy atom. The van der Waals surface area contributed by atoms with E-state index < -0.39 is 24.6 Å². The lowest BCUT2D eigenvalue weighted by Crippen LogP contribution is -2.42. The zero-order valence-corrected chi connectivity index (χ0v) is 20.9. The molecule has 0 saturated carbocycles. The molecule has 0 spiro atoms. The van der Waals surface area contributed by atoms with Gasteiger partial charge in [0.05, 0.1) is 0 Å². The molecule has 0 bridgehead atoms. The molecule has 0 aromatic heterocycles. The molecule has 7 heteroatoms. The zero-order valence-electron chi connectivity index (χ0n) is 20.9. The fourth-order valence-corrected chi connectivity index (χ4v) is 4.92. The molecule has 1 atom stereocenters. The van der Waals surface area contributed by atoms with Crippen LogP contribution in [0.3, 0.4) is 0 Å². The third-order valence-corrected chi connectivity index (χ3v) is 6.62. The number of carbonyl (C=O) groups excluding carboxylic acids is 2. The van der Waals surface area contributed by atoms with Gasteiger partial charge in [-0.25, -0.2) is 4.79 Å². The lowest BCUT2D eigenvalue weighted by Gasteiger charge is -2.25. The zero-order chi connectivity index (χ0) is 26.2. The van der Waals surface area contributed by atoms with Crippen molar-refractivity contribution in [2.24, 2.45) is 0 Å². The number of hydrogen-bond donors (Lipinski definition) is 2. The number of hydrogen-bond acceptors (Lipinski definition) is 4. The van der Waals surface area contributed by atoms with Gasteiger partial charge >= 0.3 is 12.1 Å². The minimum Gasteiger partial charge on any atom is -0.480 e. The van der Waals surface area contributed by atoms with Crippen molar-refractivity contribution >= 4 is 18.0 Å². The van der Waals surface area contributed by atoms with Crippen molar-refractivity contribution in [2.45, 2.75) is 44.7 Å². The van der Waals surface area contributed by atoms with Crippen LogP contribution in [0.25, 0.3) is 11.1 Å². The first-order valence-corrected chi connectivity index (χ1v) is 12.6. The van der Waals surface area contributed by atoms with E-state index in [1.807, 2.05) is 61.5 Å². The maximum Gasteiger partial charge on any atom is 0.407 e. The summed E-state index contributed by atoms with van der Waals surface area (Å²) < 4.78 is 5.65. The average Bonchev–Trinajstić information content (AvgIpc) is 3.21. The molecule has 192 valence electrons. The summed E-state index contributed by atoms with van der Waals surface area (Å²) >= 11 is 0. The summed E-state index contributed by atoms with van der Waals surface area (Å²) in [7, 11) is 0. The largest absolute Gasteiger partial charge is 0.480 e. The quantitative estimate of drug-likeness (QED) is 0.377. The number of nitrogens with zero attached hydrogens (tertiary/aromatic N) is 1. The van der Waals surface area contributed by atoms with Gasteiger partial charge in [-0.05, 0) is 34.2 Å². The number of fused-ring (bicyclic) bond motifs is 3. The Morgan fingerprint density at radius 2 is 1.51 bits per heavy atom. The average molecular weight is 501 g/mol. The van der Waals surface area contributed by atoms with Gasteiger partial charge in [0.25, 0.3) is 0 Å². The molecule has 4 rings (SSSR count). The van der Waals surface area contributed by atoms with Crippen molar-refractivity contribution < 1.29 is 24.2 Å². The summed E-state index contributed by atoms with van der Waals surface area (Å²) in [6.45, 7) is 1.94. The number of carbonyl (C=O) groups is 3. The van der Waals surface area contributed by atoms with E-state index in [0.29, 0.717) is 6.42 Å². The Hall–Kier alpha value is -4.13. The van der Waals surface area contributed by atoms with E-state index in [1.54, 1.807) is 0 Å². The topological polar surface area (TPSA) is 95.9 Å². The van der Waals surface area contributed by atoms with Crippen LogP contribution in [0.5, 0.6) is 0 Å². The molecule has 37 heavy (non-hydrogen) atoms. The van der Waals surface area contributed by atoms with Crippen LogP contribution in [0, 0.1) is 0 Å². The predicted octanol–water partition coefficient (Wildman–Crippen LogP) is 5.20. The second-order valence-corrected chi connectivity index (χ2v) is 9.29. The number of benzene rings is 3. The fourth-order valence-electron chi connectivity index (χ4n) is 4.92. The second kappa shape index (κ2) is 12.2. The van der Waals surface area contributed by atoms with Gasteiger partial charge in [0.1, 0.15) is 13.2 Å². The van der Waals surface area contributed by atoms with E-state index in [-0.39, 0.29) is 31.4 Å². The summed E-state index contributed by atoms with van der Waals surface area (Å²) in [4.78, 5) is 38.5. The highest BCUT2D eigenvalue weighted by Crippen LogP contribution is 2.44. The van der Waals surface area contributed by atoms with Crippen molar-refractivity contribution in [3.05, 3.63) is 95.6 Å². The maximum atomic E-state index is 13.1. The van der Waals surface area contributed by atoms with Crippen LogP contribution in [-0.2, 0) is 20.9 Å². The molecule has 0 aliphatic heterocycles. The van der Waals surface area contributed by atoms with E-state index in [2.05, 4.69) is 29.6 Å². The lowest BCUT2D eigenvalue weighted by molar-refractivity contribution is -0.145. The summed E-state index contributed by atoms with van der Waals surface area (Å²) in [5.74, 6) is -1.47.